The second-order valence-electron chi connectivity index (χ2n) is 5.06. The summed E-state index contributed by atoms with van der Waals surface area (Å²) in [6.07, 6.45) is 4.21. The lowest BCUT2D eigenvalue weighted by Crippen LogP contribution is -2.33. The molecular formula is C14H19BrFNO. The van der Waals surface area contributed by atoms with Gasteiger partial charge in [0.1, 0.15) is 5.82 Å². The number of hydrogen-bond acceptors (Lipinski definition) is 2. The van der Waals surface area contributed by atoms with E-state index in [1.54, 1.807) is 13.2 Å². The first-order valence-corrected chi connectivity index (χ1v) is 7.10. The van der Waals surface area contributed by atoms with Crippen LogP contribution in [0.1, 0.15) is 36.8 Å². The maximum Gasteiger partial charge on any atom is 0.141 e. The molecule has 0 heterocycles. The second kappa shape index (κ2) is 5.68. The van der Waals surface area contributed by atoms with Crippen molar-refractivity contribution < 1.29 is 9.13 Å². The molecule has 0 spiro atoms. The monoisotopic (exact) mass is 315 g/mol. The Kier molecular flexibility index (Phi) is 4.41. The van der Waals surface area contributed by atoms with E-state index >= 15 is 0 Å². The largest absolute Gasteiger partial charge is 0.380 e. The van der Waals surface area contributed by atoms with Gasteiger partial charge in [-0.25, -0.2) is 4.39 Å². The number of ether oxygens (including phenoxy) is 1. The molecule has 2 nitrogen and oxygen atoms in total. The Hall–Kier alpha value is -0.450. The summed E-state index contributed by atoms with van der Waals surface area (Å²) in [5.74, 6) is -0.165. The summed E-state index contributed by atoms with van der Waals surface area (Å²) in [5.41, 5.74) is 7.49. The van der Waals surface area contributed by atoms with Crippen LogP contribution >= 0.6 is 15.9 Å². The minimum Gasteiger partial charge on any atom is -0.380 e. The fraction of sp³-hybridized carbons (Fsp3) is 0.571. The van der Waals surface area contributed by atoms with Crippen molar-refractivity contribution in [2.45, 2.75) is 37.7 Å². The molecule has 1 fully saturated rings. The van der Waals surface area contributed by atoms with Crippen LogP contribution in [0.4, 0.5) is 4.39 Å². The minimum absolute atomic E-state index is 0.165. The van der Waals surface area contributed by atoms with Crippen molar-refractivity contribution in [2.75, 3.05) is 13.7 Å². The second-order valence-corrected chi connectivity index (χ2v) is 5.92. The molecule has 2 N–H and O–H groups in total. The van der Waals surface area contributed by atoms with Gasteiger partial charge in [-0.05, 0) is 52.0 Å². The van der Waals surface area contributed by atoms with Gasteiger partial charge in [0.25, 0.3) is 0 Å². The molecule has 1 aliphatic rings. The molecule has 100 valence electrons. The molecular weight excluding hydrogens is 297 g/mol. The van der Waals surface area contributed by atoms with Crippen molar-refractivity contribution in [1.82, 2.24) is 0 Å². The molecule has 0 amide bonds. The summed E-state index contributed by atoms with van der Waals surface area (Å²) in [4.78, 5) is 0. The lowest BCUT2D eigenvalue weighted by molar-refractivity contribution is 0.184. The molecule has 0 aromatic heterocycles. The predicted octanol–water partition coefficient (Wildman–Crippen LogP) is 3.51. The summed E-state index contributed by atoms with van der Waals surface area (Å²) >= 11 is 3.30. The highest BCUT2D eigenvalue weighted by molar-refractivity contribution is 9.10. The highest BCUT2D eigenvalue weighted by atomic mass is 79.9. The summed E-state index contributed by atoms with van der Waals surface area (Å²) in [6.45, 7) is 0.999. The van der Waals surface area contributed by atoms with Crippen LogP contribution in [0.2, 0.25) is 0 Å². The van der Waals surface area contributed by atoms with Crippen molar-refractivity contribution in [1.29, 1.82) is 0 Å². The Bertz CT molecular complexity index is 430. The van der Waals surface area contributed by atoms with Gasteiger partial charge < -0.3 is 10.5 Å². The molecule has 1 saturated carbocycles. The van der Waals surface area contributed by atoms with Crippen LogP contribution in [0, 0.1) is 5.82 Å². The predicted molar refractivity (Wildman–Crippen MR) is 74.0 cm³/mol. The third-order valence-electron chi connectivity index (χ3n) is 3.92. The van der Waals surface area contributed by atoms with Crippen LogP contribution in [-0.2, 0) is 16.8 Å². The zero-order chi connectivity index (χ0) is 13.2. The number of hydrogen-bond donors (Lipinski definition) is 1. The lowest BCUT2D eigenvalue weighted by atomic mass is 9.78. The van der Waals surface area contributed by atoms with E-state index in [4.69, 9.17) is 10.5 Å². The summed E-state index contributed by atoms with van der Waals surface area (Å²) < 4.78 is 20.0. The van der Waals surface area contributed by atoms with Gasteiger partial charge in [-0.15, -0.1) is 0 Å². The normalized spacial score (nSPS) is 18.2. The van der Waals surface area contributed by atoms with Crippen LogP contribution in [0.3, 0.4) is 0 Å². The molecule has 0 saturated heterocycles. The van der Waals surface area contributed by atoms with E-state index in [0.29, 0.717) is 17.6 Å². The molecule has 0 atom stereocenters. The molecule has 2 rings (SSSR count). The van der Waals surface area contributed by atoms with Crippen LogP contribution < -0.4 is 5.73 Å². The molecule has 4 heteroatoms. The zero-order valence-electron chi connectivity index (χ0n) is 10.6. The fourth-order valence-electron chi connectivity index (χ4n) is 2.92. The van der Waals surface area contributed by atoms with E-state index in [1.165, 1.54) is 0 Å². The van der Waals surface area contributed by atoms with Gasteiger partial charge in [0.2, 0.25) is 0 Å². The third kappa shape index (κ3) is 2.46. The molecule has 1 aromatic carbocycles. The first-order chi connectivity index (χ1) is 8.63. The van der Waals surface area contributed by atoms with Gasteiger partial charge in [-0.2, -0.15) is 0 Å². The summed E-state index contributed by atoms with van der Waals surface area (Å²) in [5, 5.41) is 0. The Morgan fingerprint density at radius 2 is 2.06 bits per heavy atom. The summed E-state index contributed by atoms with van der Waals surface area (Å²) in [7, 11) is 1.64. The number of nitrogens with two attached hydrogens (primary N) is 1. The molecule has 0 bridgehead atoms. The smallest absolute Gasteiger partial charge is 0.141 e. The van der Waals surface area contributed by atoms with E-state index in [0.717, 1.165) is 36.8 Å². The van der Waals surface area contributed by atoms with Crippen molar-refractivity contribution in [2.24, 2.45) is 5.73 Å². The van der Waals surface area contributed by atoms with Crippen molar-refractivity contribution in [3.8, 4) is 0 Å². The molecule has 1 aromatic rings. The maximum atomic E-state index is 14.4. The zero-order valence-corrected chi connectivity index (χ0v) is 12.2. The molecule has 1 aliphatic carbocycles. The quantitative estimate of drug-likeness (QED) is 0.923. The average molecular weight is 316 g/mol. The summed E-state index contributed by atoms with van der Waals surface area (Å²) in [6, 6.07) is 3.70. The van der Waals surface area contributed by atoms with Gasteiger partial charge in [0.15, 0.2) is 0 Å². The van der Waals surface area contributed by atoms with Crippen molar-refractivity contribution in [3.63, 3.8) is 0 Å². The van der Waals surface area contributed by atoms with E-state index < -0.39 is 0 Å². The SMILES string of the molecule is COCc1cc(Br)c(F)c(C2(CN)CCCC2)c1. The highest BCUT2D eigenvalue weighted by Crippen LogP contribution is 2.43. The molecule has 0 radical (unpaired) electrons. The van der Waals surface area contributed by atoms with E-state index in [2.05, 4.69) is 15.9 Å². The number of methoxy groups -OCH3 is 1. The number of halogens is 2. The Labute approximate surface area is 116 Å². The average Bonchev–Trinajstić information content (AvgIpc) is 2.83. The van der Waals surface area contributed by atoms with E-state index in [9.17, 15) is 4.39 Å². The maximum absolute atomic E-state index is 14.4. The molecule has 18 heavy (non-hydrogen) atoms. The van der Waals surface area contributed by atoms with Crippen LogP contribution in [0.25, 0.3) is 0 Å². The third-order valence-corrected chi connectivity index (χ3v) is 4.50. The topological polar surface area (TPSA) is 35.2 Å². The standard InChI is InChI=1S/C14H19BrFNO/c1-18-8-10-6-11(13(16)12(15)7-10)14(9-17)4-2-3-5-14/h6-7H,2-5,8-9,17H2,1H3. The highest BCUT2D eigenvalue weighted by Gasteiger charge is 2.37. The lowest BCUT2D eigenvalue weighted by Gasteiger charge is -2.29. The van der Waals surface area contributed by atoms with Crippen LogP contribution in [0.5, 0.6) is 0 Å². The van der Waals surface area contributed by atoms with Gasteiger partial charge in [0, 0.05) is 19.1 Å². The number of rotatable bonds is 4. The van der Waals surface area contributed by atoms with E-state index in [1.807, 2.05) is 6.07 Å². The first kappa shape index (κ1) is 14.0. The van der Waals surface area contributed by atoms with E-state index in [-0.39, 0.29) is 11.2 Å². The Balaban J connectivity index is 2.47. The molecule has 0 unspecified atom stereocenters. The van der Waals surface area contributed by atoms with Crippen LogP contribution in [0.15, 0.2) is 16.6 Å². The first-order valence-electron chi connectivity index (χ1n) is 6.30. The van der Waals surface area contributed by atoms with Crippen molar-refractivity contribution >= 4 is 15.9 Å². The van der Waals surface area contributed by atoms with Gasteiger partial charge >= 0.3 is 0 Å². The number of benzene rings is 1. The van der Waals surface area contributed by atoms with Crippen molar-refractivity contribution in [3.05, 3.63) is 33.5 Å². The van der Waals surface area contributed by atoms with Gasteiger partial charge in [0.05, 0.1) is 11.1 Å². The van der Waals surface area contributed by atoms with Gasteiger partial charge in [-0.1, -0.05) is 12.8 Å². The minimum atomic E-state index is -0.184. The van der Waals surface area contributed by atoms with Gasteiger partial charge in [-0.3, -0.25) is 0 Å². The fourth-order valence-corrected chi connectivity index (χ4v) is 3.42. The Morgan fingerprint density at radius 3 is 2.61 bits per heavy atom. The molecule has 0 aliphatic heterocycles. The van der Waals surface area contributed by atoms with Crippen LogP contribution in [-0.4, -0.2) is 13.7 Å². The Morgan fingerprint density at radius 1 is 1.39 bits per heavy atom.